The predicted octanol–water partition coefficient (Wildman–Crippen LogP) is 2.22. The Hall–Kier alpha value is -1.84. The maximum Gasteiger partial charge on any atom is 0.256 e. The molecule has 8 nitrogen and oxygen atoms in total. The first-order valence-electron chi connectivity index (χ1n) is 9.33. The highest BCUT2D eigenvalue weighted by molar-refractivity contribution is 5.98. The summed E-state index contributed by atoms with van der Waals surface area (Å²) in [5.41, 5.74) is 1.01. The molecule has 0 saturated carbocycles. The van der Waals surface area contributed by atoms with Gasteiger partial charge in [0, 0.05) is 11.3 Å². The molecule has 1 amide bonds. The van der Waals surface area contributed by atoms with E-state index in [1.54, 1.807) is 52.0 Å². The van der Waals surface area contributed by atoms with E-state index < -0.39 is 48.2 Å². The van der Waals surface area contributed by atoms with Gasteiger partial charge in [-0.2, -0.15) is 0 Å². The van der Waals surface area contributed by atoms with E-state index in [-0.39, 0.29) is 5.78 Å². The monoisotopic (exact) mass is 391 g/mol. The zero-order valence-corrected chi connectivity index (χ0v) is 16.6. The van der Waals surface area contributed by atoms with E-state index in [9.17, 15) is 9.59 Å². The van der Waals surface area contributed by atoms with Gasteiger partial charge in [0.05, 0.1) is 0 Å². The molecule has 0 aromatic heterocycles. The molecule has 0 aliphatic carbocycles. The second kappa shape index (κ2) is 6.60. The Morgan fingerprint density at radius 3 is 2.29 bits per heavy atom. The van der Waals surface area contributed by atoms with E-state index in [1.807, 2.05) is 0 Å². The number of hydrogen-bond acceptors (Lipinski definition) is 7. The molecule has 28 heavy (non-hydrogen) atoms. The number of Topliss-reactive ketones (excluding diaryl/α,β-unsaturated/α-hetero) is 1. The van der Waals surface area contributed by atoms with Gasteiger partial charge in [0.2, 0.25) is 0 Å². The first-order valence-corrected chi connectivity index (χ1v) is 9.33. The molecule has 1 aromatic rings. The number of anilines is 1. The van der Waals surface area contributed by atoms with Crippen molar-refractivity contribution < 1.29 is 33.3 Å². The lowest BCUT2D eigenvalue weighted by molar-refractivity contribution is -0.229. The number of hydrogen-bond donors (Lipinski definition) is 1. The molecule has 0 radical (unpaired) electrons. The van der Waals surface area contributed by atoms with Crippen LogP contribution in [-0.2, 0) is 28.5 Å². The highest BCUT2D eigenvalue weighted by Crippen LogP contribution is 2.44. The number of nitrogens with one attached hydrogen (secondary N) is 1. The first-order chi connectivity index (χ1) is 13.0. The fourth-order valence-corrected chi connectivity index (χ4v) is 3.85. The zero-order chi connectivity index (χ0) is 20.3. The zero-order valence-electron chi connectivity index (χ0n) is 16.6. The molecule has 4 rings (SSSR count). The van der Waals surface area contributed by atoms with E-state index in [0.29, 0.717) is 11.3 Å². The molecule has 3 saturated heterocycles. The largest absolute Gasteiger partial charge is 0.342 e. The van der Waals surface area contributed by atoms with Gasteiger partial charge in [-0.15, -0.1) is 0 Å². The number of carbonyl (C=O) groups is 2. The third-order valence-corrected chi connectivity index (χ3v) is 4.95. The van der Waals surface area contributed by atoms with Gasteiger partial charge in [-0.1, -0.05) is 12.1 Å². The Balaban J connectivity index is 1.57. The lowest BCUT2D eigenvalue weighted by Crippen LogP contribution is -2.58. The third kappa shape index (κ3) is 3.58. The number of benzene rings is 1. The van der Waals surface area contributed by atoms with Gasteiger partial charge in [-0.05, 0) is 46.8 Å². The van der Waals surface area contributed by atoms with Crippen LogP contribution in [0.4, 0.5) is 5.69 Å². The van der Waals surface area contributed by atoms with Crippen LogP contribution in [0.3, 0.4) is 0 Å². The third-order valence-electron chi connectivity index (χ3n) is 4.95. The number of ether oxygens (including phenoxy) is 5. The fraction of sp³-hybridized carbons (Fsp3) is 0.600. The maximum atomic E-state index is 13.0. The standard InChI is InChI=1S/C20H25NO7/c1-10(22)11-7-6-8-12(9-11)21-17(23)15-13-14(26-19(2,3)25-13)16-18(24-15)28-20(4,5)27-16/h6-9,13-16,18H,1-5H3,(H,21,23)/t13-,14+,15+,16+,18+/m0/s1. The Kier molecular flexibility index (Phi) is 4.59. The molecular weight excluding hydrogens is 366 g/mol. The minimum atomic E-state index is -0.952. The second-order valence-corrected chi connectivity index (χ2v) is 8.22. The summed E-state index contributed by atoms with van der Waals surface area (Å²) in [6.07, 6.45) is -3.34. The second-order valence-electron chi connectivity index (χ2n) is 8.22. The molecule has 3 aliphatic rings. The molecule has 0 spiro atoms. The Bertz CT molecular complexity index is 805. The van der Waals surface area contributed by atoms with E-state index in [2.05, 4.69) is 5.32 Å². The number of rotatable bonds is 3. The number of fused-ring (bicyclic) bond motifs is 3. The number of ketones is 1. The highest BCUT2D eigenvalue weighted by atomic mass is 16.9. The summed E-state index contributed by atoms with van der Waals surface area (Å²) in [6.45, 7) is 8.61. The number of amides is 1. The molecular formula is C20H25NO7. The quantitative estimate of drug-likeness (QED) is 0.790. The maximum absolute atomic E-state index is 13.0. The van der Waals surface area contributed by atoms with E-state index in [0.717, 1.165) is 0 Å². The van der Waals surface area contributed by atoms with Crippen molar-refractivity contribution in [2.75, 3.05) is 5.32 Å². The summed E-state index contributed by atoms with van der Waals surface area (Å²) in [5, 5.41) is 2.80. The first kappa shape index (κ1) is 19.5. The molecule has 8 heteroatoms. The van der Waals surface area contributed by atoms with Crippen LogP contribution in [-0.4, -0.2) is 54.0 Å². The van der Waals surface area contributed by atoms with Gasteiger partial charge in [-0.3, -0.25) is 9.59 Å². The minimum absolute atomic E-state index is 0.0825. The Morgan fingerprint density at radius 2 is 1.57 bits per heavy atom. The van der Waals surface area contributed by atoms with Gasteiger partial charge in [0.1, 0.15) is 18.3 Å². The molecule has 1 aromatic carbocycles. The van der Waals surface area contributed by atoms with Crippen molar-refractivity contribution in [3.63, 3.8) is 0 Å². The van der Waals surface area contributed by atoms with E-state index >= 15 is 0 Å². The van der Waals surface area contributed by atoms with Crippen molar-refractivity contribution in [3.8, 4) is 0 Å². The van der Waals surface area contributed by atoms with Crippen molar-refractivity contribution in [2.24, 2.45) is 0 Å². The van der Waals surface area contributed by atoms with Crippen LogP contribution in [0.15, 0.2) is 24.3 Å². The molecule has 3 heterocycles. The Labute approximate surface area is 163 Å². The molecule has 5 atom stereocenters. The summed E-state index contributed by atoms with van der Waals surface area (Å²) in [7, 11) is 0. The summed E-state index contributed by atoms with van der Waals surface area (Å²) in [4.78, 5) is 24.6. The van der Waals surface area contributed by atoms with Crippen LogP contribution in [0.2, 0.25) is 0 Å². The number of carbonyl (C=O) groups excluding carboxylic acids is 2. The van der Waals surface area contributed by atoms with Gasteiger partial charge in [0.15, 0.2) is 29.8 Å². The summed E-state index contributed by atoms with van der Waals surface area (Å²) in [5.74, 6) is -2.21. The van der Waals surface area contributed by atoms with Crippen LogP contribution < -0.4 is 5.32 Å². The van der Waals surface area contributed by atoms with Gasteiger partial charge in [-0.25, -0.2) is 0 Å². The van der Waals surface area contributed by atoms with Crippen LogP contribution in [0.5, 0.6) is 0 Å². The predicted molar refractivity (Wildman–Crippen MR) is 97.6 cm³/mol. The topological polar surface area (TPSA) is 92.3 Å². The molecule has 1 N–H and O–H groups in total. The molecule has 0 bridgehead atoms. The SMILES string of the molecule is CC(=O)c1cccc(NC(=O)[C@@H]2O[C@@H]3OC(C)(C)O[C@@H]3[C@@H]3OC(C)(C)O[C@@H]32)c1. The van der Waals surface area contributed by atoms with E-state index in [1.165, 1.54) is 6.92 Å². The van der Waals surface area contributed by atoms with Gasteiger partial charge >= 0.3 is 0 Å². The average Bonchev–Trinajstić information content (AvgIpc) is 3.08. The van der Waals surface area contributed by atoms with Crippen molar-refractivity contribution in [3.05, 3.63) is 29.8 Å². The van der Waals surface area contributed by atoms with Crippen LogP contribution >= 0.6 is 0 Å². The van der Waals surface area contributed by atoms with Gasteiger partial charge in [0.25, 0.3) is 5.91 Å². The summed E-state index contributed by atoms with van der Waals surface area (Å²) < 4.78 is 29.6. The average molecular weight is 391 g/mol. The van der Waals surface area contributed by atoms with Crippen LogP contribution in [0, 0.1) is 0 Å². The lowest BCUT2D eigenvalue weighted by atomic mass is 9.98. The molecule has 152 valence electrons. The normalized spacial score (nSPS) is 35.1. The molecule has 3 fully saturated rings. The van der Waals surface area contributed by atoms with Crippen LogP contribution in [0.1, 0.15) is 45.0 Å². The van der Waals surface area contributed by atoms with Crippen molar-refractivity contribution in [1.29, 1.82) is 0 Å². The Morgan fingerprint density at radius 1 is 0.929 bits per heavy atom. The summed E-state index contributed by atoms with van der Waals surface area (Å²) >= 11 is 0. The van der Waals surface area contributed by atoms with Crippen molar-refractivity contribution >= 4 is 17.4 Å². The highest BCUT2D eigenvalue weighted by Gasteiger charge is 2.62. The fourth-order valence-electron chi connectivity index (χ4n) is 3.85. The lowest BCUT2D eigenvalue weighted by Gasteiger charge is -2.36. The van der Waals surface area contributed by atoms with E-state index in [4.69, 9.17) is 23.7 Å². The minimum Gasteiger partial charge on any atom is -0.342 e. The van der Waals surface area contributed by atoms with Gasteiger partial charge < -0.3 is 29.0 Å². The van der Waals surface area contributed by atoms with Crippen molar-refractivity contribution in [1.82, 2.24) is 0 Å². The molecule has 0 unspecified atom stereocenters. The van der Waals surface area contributed by atoms with Crippen molar-refractivity contribution in [2.45, 2.75) is 76.9 Å². The summed E-state index contributed by atoms with van der Waals surface area (Å²) in [6, 6.07) is 6.73. The molecule has 3 aliphatic heterocycles. The smallest absolute Gasteiger partial charge is 0.256 e. The van der Waals surface area contributed by atoms with Crippen LogP contribution in [0.25, 0.3) is 0 Å².